The smallest absolute Gasteiger partial charge is 0.350 e. The molecule has 1 aliphatic heterocycles. The molecule has 2 aromatic carbocycles. The Hall–Kier alpha value is -4.30. The molecule has 1 saturated heterocycles. The average Bonchev–Trinajstić information content (AvgIpc) is 3.39. The van der Waals surface area contributed by atoms with Gasteiger partial charge in [-0.1, -0.05) is 17.4 Å². The minimum Gasteiger partial charge on any atom is -0.350 e. The average molecular weight is 571 g/mol. The standard InChI is InChI=1S/C26H25F3N8O2S/c27-26(28,29)16-2-1-3-19(12-16)36-25(39)35-18-6-4-17(5-7-18)34-21-20-23(33-14-32-21)40-24(37-20)22(38)31-13-15-8-10-30-11-9-15/h1-7,12,14-15,30H,8-11,13H2,(H,31,38)(H,32,33,34)(H2,35,36,39). The largest absolute Gasteiger partial charge is 0.416 e. The number of rotatable bonds is 7. The number of urea groups is 1. The quantitative estimate of drug-likeness (QED) is 0.206. The Morgan fingerprint density at radius 2 is 1.70 bits per heavy atom. The molecule has 1 aliphatic rings. The van der Waals surface area contributed by atoms with Crippen LogP contribution in [0.5, 0.6) is 0 Å². The Morgan fingerprint density at radius 1 is 0.975 bits per heavy atom. The zero-order valence-corrected chi connectivity index (χ0v) is 21.8. The number of piperidine rings is 1. The van der Waals surface area contributed by atoms with Crippen molar-refractivity contribution in [2.24, 2.45) is 5.92 Å². The molecule has 3 amide bonds. The Balaban J connectivity index is 1.20. The van der Waals surface area contributed by atoms with Gasteiger partial charge in [0.2, 0.25) is 0 Å². The molecule has 5 N–H and O–H groups in total. The molecule has 40 heavy (non-hydrogen) atoms. The zero-order valence-electron chi connectivity index (χ0n) is 21.0. The third-order valence-electron chi connectivity index (χ3n) is 6.25. The Morgan fingerprint density at radius 3 is 2.45 bits per heavy atom. The fraction of sp³-hybridized carbons (Fsp3) is 0.269. The lowest BCUT2D eigenvalue weighted by atomic mass is 9.98. The minimum atomic E-state index is -4.51. The van der Waals surface area contributed by atoms with E-state index in [-0.39, 0.29) is 11.6 Å². The first-order chi connectivity index (χ1) is 19.2. The number of thiazole rings is 1. The van der Waals surface area contributed by atoms with Gasteiger partial charge in [-0.3, -0.25) is 4.79 Å². The Kier molecular flexibility index (Phi) is 8.07. The molecule has 10 nitrogen and oxygen atoms in total. The van der Waals surface area contributed by atoms with Gasteiger partial charge in [0.05, 0.1) is 5.56 Å². The second-order valence-electron chi connectivity index (χ2n) is 9.16. The molecule has 2 aromatic heterocycles. The summed E-state index contributed by atoms with van der Waals surface area (Å²) in [5, 5.41) is 14.7. The molecule has 0 unspecified atom stereocenters. The first-order valence-corrected chi connectivity index (χ1v) is 13.3. The number of nitrogens with one attached hydrogen (secondary N) is 5. The predicted octanol–water partition coefficient (Wildman–Crippen LogP) is 5.22. The molecule has 208 valence electrons. The van der Waals surface area contributed by atoms with E-state index in [1.807, 2.05) is 0 Å². The zero-order chi connectivity index (χ0) is 28.1. The van der Waals surface area contributed by atoms with Crippen molar-refractivity contribution in [3.05, 3.63) is 65.4 Å². The van der Waals surface area contributed by atoms with E-state index in [2.05, 4.69) is 41.5 Å². The molecular weight excluding hydrogens is 545 g/mol. The van der Waals surface area contributed by atoms with Gasteiger partial charge in [-0.25, -0.2) is 19.7 Å². The lowest BCUT2D eigenvalue weighted by Gasteiger charge is -2.22. The molecule has 0 spiro atoms. The van der Waals surface area contributed by atoms with E-state index in [4.69, 9.17) is 0 Å². The number of fused-ring (bicyclic) bond motifs is 1. The molecular formula is C26H25F3N8O2S. The SMILES string of the molecule is O=C(Nc1ccc(Nc2ncnc3sc(C(=O)NCC4CCNCC4)nc23)cc1)Nc1cccc(C(F)(F)F)c1. The van der Waals surface area contributed by atoms with Crippen molar-refractivity contribution in [2.75, 3.05) is 35.6 Å². The number of aromatic nitrogens is 3. The van der Waals surface area contributed by atoms with E-state index in [0.29, 0.717) is 45.0 Å². The third kappa shape index (κ3) is 6.82. The highest BCUT2D eigenvalue weighted by atomic mass is 32.1. The highest BCUT2D eigenvalue weighted by molar-refractivity contribution is 7.19. The van der Waals surface area contributed by atoms with Crippen LogP contribution >= 0.6 is 11.3 Å². The van der Waals surface area contributed by atoms with Gasteiger partial charge >= 0.3 is 12.2 Å². The number of halogens is 3. The van der Waals surface area contributed by atoms with Crippen LogP contribution in [0.2, 0.25) is 0 Å². The number of benzene rings is 2. The minimum absolute atomic E-state index is 0.0148. The summed E-state index contributed by atoms with van der Waals surface area (Å²) >= 11 is 1.19. The molecule has 0 aliphatic carbocycles. The summed E-state index contributed by atoms with van der Waals surface area (Å²) in [7, 11) is 0. The van der Waals surface area contributed by atoms with Crippen molar-refractivity contribution in [3.8, 4) is 0 Å². The van der Waals surface area contributed by atoms with Crippen LogP contribution in [0.15, 0.2) is 54.9 Å². The van der Waals surface area contributed by atoms with Gasteiger partial charge in [0.15, 0.2) is 10.8 Å². The summed E-state index contributed by atoms with van der Waals surface area (Å²) in [6.07, 6.45) is -1.08. The first kappa shape index (κ1) is 27.3. The van der Waals surface area contributed by atoms with Crippen molar-refractivity contribution >= 4 is 56.5 Å². The number of amides is 3. The van der Waals surface area contributed by atoms with Crippen LogP contribution in [0.3, 0.4) is 0 Å². The summed E-state index contributed by atoms with van der Waals surface area (Å²) in [6.45, 7) is 2.51. The summed E-state index contributed by atoms with van der Waals surface area (Å²) in [6, 6.07) is 10.3. The van der Waals surface area contributed by atoms with Gasteiger partial charge in [0.1, 0.15) is 16.7 Å². The van der Waals surface area contributed by atoms with Crippen LogP contribution in [-0.4, -0.2) is 46.5 Å². The number of anilines is 4. The lowest BCUT2D eigenvalue weighted by Crippen LogP contribution is -2.35. The summed E-state index contributed by atoms with van der Waals surface area (Å²) in [4.78, 5) is 38.5. The van der Waals surface area contributed by atoms with Crippen molar-refractivity contribution < 1.29 is 22.8 Å². The van der Waals surface area contributed by atoms with Crippen molar-refractivity contribution in [1.29, 1.82) is 0 Å². The fourth-order valence-corrected chi connectivity index (χ4v) is 5.01. The number of alkyl halides is 3. The van der Waals surface area contributed by atoms with Crippen molar-refractivity contribution in [3.63, 3.8) is 0 Å². The van der Waals surface area contributed by atoms with Crippen molar-refractivity contribution in [2.45, 2.75) is 19.0 Å². The predicted molar refractivity (Wildman–Crippen MR) is 147 cm³/mol. The fourth-order valence-electron chi connectivity index (χ4n) is 4.18. The molecule has 3 heterocycles. The van der Waals surface area contributed by atoms with Crippen LogP contribution in [0.1, 0.15) is 28.2 Å². The molecule has 4 aromatic rings. The van der Waals surface area contributed by atoms with E-state index in [1.54, 1.807) is 24.3 Å². The van der Waals surface area contributed by atoms with Gasteiger partial charge in [-0.2, -0.15) is 13.2 Å². The van der Waals surface area contributed by atoms with Crippen LogP contribution in [0.4, 0.5) is 40.8 Å². The topological polar surface area (TPSA) is 133 Å². The molecule has 0 radical (unpaired) electrons. The number of carbonyl (C=O) groups is 2. The van der Waals surface area contributed by atoms with Gasteiger partial charge in [0, 0.05) is 23.6 Å². The normalized spacial score (nSPS) is 14.1. The monoisotopic (exact) mass is 570 g/mol. The molecule has 0 saturated carbocycles. The van der Waals surface area contributed by atoms with E-state index in [9.17, 15) is 22.8 Å². The second kappa shape index (κ2) is 11.8. The Bertz CT molecular complexity index is 1500. The van der Waals surface area contributed by atoms with Crippen LogP contribution in [0.25, 0.3) is 10.3 Å². The van der Waals surface area contributed by atoms with E-state index >= 15 is 0 Å². The van der Waals surface area contributed by atoms with Gasteiger partial charge in [-0.15, -0.1) is 0 Å². The number of hydrogen-bond acceptors (Lipinski definition) is 8. The maximum Gasteiger partial charge on any atom is 0.416 e. The maximum absolute atomic E-state index is 12.9. The number of carbonyl (C=O) groups excluding carboxylic acids is 2. The van der Waals surface area contributed by atoms with E-state index < -0.39 is 17.8 Å². The van der Waals surface area contributed by atoms with Crippen LogP contribution in [-0.2, 0) is 6.18 Å². The summed E-state index contributed by atoms with van der Waals surface area (Å²) in [5.41, 5.74) is 0.672. The van der Waals surface area contributed by atoms with Gasteiger partial charge < -0.3 is 26.6 Å². The third-order valence-corrected chi connectivity index (χ3v) is 7.22. The summed E-state index contributed by atoms with van der Waals surface area (Å²) in [5.74, 6) is 0.619. The highest BCUT2D eigenvalue weighted by Crippen LogP contribution is 2.31. The number of hydrogen-bond donors (Lipinski definition) is 5. The van der Waals surface area contributed by atoms with E-state index in [0.717, 1.165) is 38.1 Å². The molecule has 0 atom stereocenters. The lowest BCUT2D eigenvalue weighted by molar-refractivity contribution is -0.137. The Labute approximate surface area is 230 Å². The number of nitrogens with zero attached hydrogens (tertiary/aromatic N) is 3. The molecule has 1 fully saturated rings. The van der Waals surface area contributed by atoms with Gasteiger partial charge in [0.25, 0.3) is 5.91 Å². The molecule has 5 rings (SSSR count). The summed E-state index contributed by atoms with van der Waals surface area (Å²) < 4.78 is 38.7. The van der Waals surface area contributed by atoms with Crippen molar-refractivity contribution in [1.82, 2.24) is 25.6 Å². The van der Waals surface area contributed by atoms with Gasteiger partial charge in [-0.05, 0) is 74.3 Å². The van der Waals surface area contributed by atoms with Crippen LogP contribution in [0, 0.1) is 5.92 Å². The van der Waals surface area contributed by atoms with E-state index in [1.165, 1.54) is 29.8 Å². The van der Waals surface area contributed by atoms with Crippen LogP contribution < -0.4 is 26.6 Å². The molecule has 14 heteroatoms. The first-order valence-electron chi connectivity index (χ1n) is 12.5. The molecule has 0 bridgehead atoms. The maximum atomic E-state index is 12.9. The highest BCUT2D eigenvalue weighted by Gasteiger charge is 2.30. The second-order valence-corrected chi connectivity index (χ2v) is 10.1.